The molecule has 0 atom stereocenters. The van der Waals surface area contributed by atoms with Crippen LogP contribution in [0.5, 0.6) is 5.75 Å². The third kappa shape index (κ3) is 3.96. The van der Waals surface area contributed by atoms with E-state index in [0.717, 1.165) is 11.4 Å². The van der Waals surface area contributed by atoms with Crippen LogP contribution in [0.15, 0.2) is 24.3 Å². The summed E-state index contributed by atoms with van der Waals surface area (Å²) in [6.45, 7) is 5.22. The third-order valence-corrected chi connectivity index (χ3v) is 2.51. The van der Waals surface area contributed by atoms with Crippen LogP contribution in [0.3, 0.4) is 0 Å². The van der Waals surface area contributed by atoms with Crippen LogP contribution in [-0.4, -0.2) is 28.1 Å². The molecule has 0 bridgehead atoms. The van der Waals surface area contributed by atoms with E-state index in [2.05, 4.69) is 25.6 Å². The SMILES string of the molecule is CCNc1nc(Cl)nc(Nc2cccc(OCC)c2)n1. The molecule has 6 nitrogen and oxygen atoms in total. The highest BCUT2D eigenvalue weighted by Crippen LogP contribution is 2.20. The zero-order valence-corrected chi connectivity index (χ0v) is 12.1. The van der Waals surface area contributed by atoms with Crippen molar-refractivity contribution in [1.82, 2.24) is 15.0 Å². The minimum absolute atomic E-state index is 0.138. The Bertz CT molecular complexity index is 578. The molecule has 0 aliphatic rings. The fourth-order valence-corrected chi connectivity index (χ4v) is 1.76. The molecule has 2 N–H and O–H groups in total. The van der Waals surface area contributed by atoms with Gasteiger partial charge in [0.1, 0.15) is 5.75 Å². The normalized spacial score (nSPS) is 10.2. The van der Waals surface area contributed by atoms with Crippen molar-refractivity contribution in [3.63, 3.8) is 0 Å². The topological polar surface area (TPSA) is 72.0 Å². The largest absolute Gasteiger partial charge is 0.494 e. The summed E-state index contributed by atoms with van der Waals surface area (Å²) >= 11 is 5.87. The Balaban J connectivity index is 2.18. The van der Waals surface area contributed by atoms with E-state index in [1.807, 2.05) is 38.1 Å². The predicted molar refractivity (Wildman–Crippen MR) is 79.9 cm³/mol. The first-order chi connectivity index (χ1) is 9.71. The minimum atomic E-state index is 0.138. The average Bonchev–Trinajstić information content (AvgIpc) is 2.39. The van der Waals surface area contributed by atoms with E-state index in [1.165, 1.54) is 0 Å². The summed E-state index contributed by atoms with van der Waals surface area (Å²) in [4.78, 5) is 12.2. The number of halogens is 1. The molecule has 0 saturated heterocycles. The number of nitrogens with zero attached hydrogens (tertiary/aromatic N) is 3. The predicted octanol–water partition coefficient (Wildman–Crippen LogP) is 3.10. The Labute approximate surface area is 122 Å². The van der Waals surface area contributed by atoms with Gasteiger partial charge < -0.3 is 15.4 Å². The lowest BCUT2D eigenvalue weighted by Crippen LogP contribution is -2.06. The van der Waals surface area contributed by atoms with Crippen LogP contribution in [0.2, 0.25) is 5.28 Å². The number of hydrogen-bond donors (Lipinski definition) is 2. The van der Waals surface area contributed by atoms with Gasteiger partial charge >= 0.3 is 0 Å². The molecule has 0 radical (unpaired) electrons. The second-order valence-corrected chi connectivity index (χ2v) is 4.21. The Morgan fingerprint density at radius 2 is 1.95 bits per heavy atom. The fraction of sp³-hybridized carbons (Fsp3) is 0.308. The van der Waals surface area contributed by atoms with Crippen molar-refractivity contribution in [3.8, 4) is 5.75 Å². The van der Waals surface area contributed by atoms with Crippen molar-refractivity contribution in [2.75, 3.05) is 23.8 Å². The van der Waals surface area contributed by atoms with Gasteiger partial charge in [0.25, 0.3) is 0 Å². The summed E-state index contributed by atoms with van der Waals surface area (Å²) in [5, 5.41) is 6.21. The van der Waals surface area contributed by atoms with E-state index in [9.17, 15) is 0 Å². The lowest BCUT2D eigenvalue weighted by Gasteiger charge is -2.09. The van der Waals surface area contributed by atoms with Crippen LogP contribution >= 0.6 is 11.6 Å². The highest BCUT2D eigenvalue weighted by molar-refractivity contribution is 6.28. The van der Waals surface area contributed by atoms with Crippen molar-refractivity contribution < 1.29 is 4.74 Å². The fourth-order valence-electron chi connectivity index (χ4n) is 1.60. The van der Waals surface area contributed by atoms with Crippen LogP contribution in [0.4, 0.5) is 17.6 Å². The first kappa shape index (κ1) is 14.3. The molecule has 0 aliphatic carbocycles. The molecule has 0 spiro atoms. The molecule has 1 aromatic carbocycles. The molecule has 0 saturated carbocycles. The number of hydrogen-bond acceptors (Lipinski definition) is 6. The number of anilines is 3. The minimum Gasteiger partial charge on any atom is -0.494 e. The van der Waals surface area contributed by atoms with Crippen LogP contribution in [0.25, 0.3) is 0 Å². The van der Waals surface area contributed by atoms with Gasteiger partial charge in [-0.1, -0.05) is 6.07 Å². The summed E-state index contributed by atoms with van der Waals surface area (Å²) in [5.41, 5.74) is 0.820. The molecule has 106 valence electrons. The zero-order chi connectivity index (χ0) is 14.4. The van der Waals surface area contributed by atoms with Crippen molar-refractivity contribution in [2.45, 2.75) is 13.8 Å². The molecule has 20 heavy (non-hydrogen) atoms. The highest BCUT2D eigenvalue weighted by atomic mass is 35.5. The lowest BCUT2D eigenvalue weighted by molar-refractivity contribution is 0.340. The third-order valence-electron chi connectivity index (χ3n) is 2.34. The van der Waals surface area contributed by atoms with E-state index in [1.54, 1.807) is 0 Å². The van der Waals surface area contributed by atoms with Crippen molar-refractivity contribution in [3.05, 3.63) is 29.5 Å². The highest BCUT2D eigenvalue weighted by Gasteiger charge is 2.05. The summed E-state index contributed by atoms with van der Waals surface area (Å²) in [6, 6.07) is 7.54. The van der Waals surface area contributed by atoms with Gasteiger partial charge in [-0.25, -0.2) is 0 Å². The maximum Gasteiger partial charge on any atom is 0.233 e. The van der Waals surface area contributed by atoms with Crippen LogP contribution < -0.4 is 15.4 Å². The Kier molecular flexibility index (Phi) is 4.95. The number of benzene rings is 1. The maximum absolute atomic E-state index is 5.87. The summed E-state index contributed by atoms with van der Waals surface area (Å²) in [6.07, 6.45) is 0. The molecule has 0 unspecified atom stereocenters. The zero-order valence-electron chi connectivity index (χ0n) is 11.4. The summed E-state index contributed by atoms with van der Waals surface area (Å²) in [7, 11) is 0. The molecule has 1 aromatic heterocycles. The Hall–Kier alpha value is -2.08. The van der Waals surface area contributed by atoms with E-state index >= 15 is 0 Å². The van der Waals surface area contributed by atoms with Gasteiger partial charge in [0, 0.05) is 18.3 Å². The van der Waals surface area contributed by atoms with Crippen molar-refractivity contribution in [2.24, 2.45) is 0 Å². The molecule has 0 aliphatic heterocycles. The number of ether oxygens (including phenoxy) is 1. The average molecular weight is 294 g/mol. The standard InChI is InChI=1S/C13H16ClN5O/c1-3-15-12-17-11(14)18-13(19-12)16-9-6-5-7-10(8-9)20-4-2/h5-8H,3-4H2,1-2H3,(H2,15,16,17,18,19). The van der Waals surface area contributed by atoms with Crippen LogP contribution in [-0.2, 0) is 0 Å². The van der Waals surface area contributed by atoms with Gasteiger partial charge in [-0.15, -0.1) is 0 Å². The Morgan fingerprint density at radius 1 is 1.15 bits per heavy atom. The van der Waals surface area contributed by atoms with Crippen molar-refractivity contribution >= 4 is 29.2 Å². The summed E-state index contributed by atoms with van der Waals surface area (Å²) < 4.78 is 5.44. The lowest BCUT2D eigenvalue weighted by atomic mass is 10.3. The summed E-state index contributed by atoms with van der Waals surface area (Å²) in [5.74, 6) is 1.61. The molecule has 0 fully saturated rings. The molecular weight excluding hydrogens is 278 g/mol. The Morgan fingerprint density at radius 3 is 2.70 bits per heavy atom. The van der Waals surface area contributed by atoms with E-state index in [0.29, 0.717) is 25.0 Å². The van der Waals surface area contributed by atoms with Gasteiger partial charge in [-0.2, -0.15) is 15.0 Å². The number of nitrogens with one attached hydrogen (secondary N) is 2. The first-order valence-corrected chi connectivity index (χ1v) is 6.74. The second kappa shape index (κ2) is 6.91. The quantitative estimate of drug-likeness (QED) is 0.853. The molecule has 2 rings (SSSR count). The second-order valence-electron chi connectivity index (χ2n) is 3.87. The number of aromatic nitrogens is 3. The molecule has 2 aromatic rings. The molecular formula is C13H16ClN5O. The van der Waals surface area contributed by atoms with Crippen LogP contribution in [0.1, 0.15) is 13.8 Å². The van der Waals surface area contributed by atoms with Gasteiger partial charge in [-0.3, -0.25) is 0 Å². The smallest absolute Gasteiger partial charge is 0.233 e. The number of rotatable bonds is 6. The van der Waals surface area contributed by atoms with Gasteiger partial charge in [0.15, 0.2) is 0 Å². The van der Waals surface area contributed by atoms with E-state index < -0.39 is 0 Å². The molecule has 1 heterocycles. The van der Waals surface area contributed by atoms with Crippen LogP contribution in [0, 0.1) is 0 Å². The maximum atomic E-state index is 5.87. The van der Waals surface area contributed by atoms with Gasteiger partial charge in [-0.05, 0) is 37.6 Å². The van der Waals surface area contributed by atoms with Crippen molar-refractivity contribution in [1.29, 1.82) is 0 Å². The monoisotopic (exact) mass is 293 g/mol. The van der Waals surface area contributed by atoms with E-state index in [-0.39, 0.29) is 5.28 Å². The molecule has 0 amide bonds. The van der Waals surface area contributed by atoms with Gasteiger partial charge in [0.05, 0.1) is 6.61 Å². The first-order valence-electron chi connectivity index (χ1n) is 6.36. The van der Waals surface area contributed by atoms with Gasteiger partial charge in [0.2, 0.25) is 17.2 Å². The van der Waals surface area contributed by atoms with E-state index in [4.69, 9.17) is 16.3 Å². The molecule has 7 heteroatoms.